The van der Waals surface area contributed by atoms with Crippen LogP contribution in [0.5, 0.6) is 0 Å². The van der Waals surface area contributed by atoms with Crippen LogP contribution in [0.25, 0.3) is 0 Å². The SMILES string of the molecule is C1CCC([NH2+]C2CCCCC2)CC1.C1CCC([NH2+]C2CCCCC2)CC1.O=P([O-])([O-])O. The zero-order valence-electron chi connectivity index (χ0n) is 19.7. The second-order valence-corrected chi connectivity index (χ2v) is 11.4. The fourth-order valence-electron chi connectivity index (χ4n) is 6.08. The molecule has 0 amide bonds. The second-order valence-electron chi connectivity index (χ2n) is 10.4. The van der Waals surface area contributed by atoms with Gasteiger partial charge in [0.15, 0.2) is 0 Å². The van der Waals surface area contributed by atoms with Gasteiger partial charge in [0.05, 0.1) is 32.0 Å². The number of rotatable bonds is 4. The van der Waals surface area contributed by atoms with Gasteiger partial charge in [0.1, 0.15) is 0 Å². The first kappa shape index (κ1) is 27.3. The molecule has 4 saturated carbocycles. The van der Waals surface area contributed by atoms with Crippen molar-refractivity contribution in [3.8, 4) is 0 Å². The minimum atomic E-state index is -5.14. The van der Waals surface area contributed by atoms with Crippen LogP contribution in [0.3, 0.4) is 0 Å². The van der Waals surface area contributed by atoms with Crippen molar-refractivity contribution in [3.63, 3.8) is 0 Å². The van der Waals surface area contributed by atoms with Gasteiger partial charge in [-0.1, -0.05) is 25.7 Å². The first-order valence-electron chi connectivity index (χ1n) is 13.3. The predicted octanol–water partition coefficient (Wildman–Crippen LogP) is 2.24. The highest BCUT2D eigenvalue weighted by Gasteiger charge is 2.23. The third kappa shape index (κ3) is 14.7. The molecule has 5 N–H and O–H groups in total. The molecule has 31 heavy (non-hydrogen) atoms. The van der Waals surface area contributed by atoms with Crippen molar-refractivity contribution in [2.45, 2.75) is 153 Å². The van der Waals surface area contributed by atoms with Crippen molar-refractivity contribution in [3.05, 3.63) is 0 Å². The summed E-state index contributed by atoms with van der Waals surface area (Å²) in [5, 5.41) is 5.44. The highest BCUT2D eigenvalue weighted by molar-refractivity contribution is 7.42. The van der Waals surface area contributed by atoms with Crippen molar-refractivity contribution in [2.24, 2.45) is 0 Å². The van der Waals surface area contributed by atoms with E-state index in [1.165, 1.54) is 128 Å². The topological polar surface area (TPSA) is 117 Å². The summed E-state index contributed by atoms with van der Waals surface area (Å²) in [6, 6.07) is 3.99. The summed E-state index contributed by atoms with van der Waals surface area (Å²) in [7, 11) is -5.14. The summed E-state index contributed by atoms with van der Waals surface area (Å²) in [5.41, 5.74) is 0. The molecule has 0 aliphatic heterocycles. The smallest absolute Gasteiger partial charge is 0.0861 e. The summed E-state index contributed by atoms with van der Waals surface area (Å²) >= 11 is 0. The van der Waals surface area contributed by atoms with Crippen molar-refractivity contribution in [1.29, 1.82) is 0 Å². The molecule has 0 aromatic carbocycles. The van der Waals surface area contributed by atoms with E-state index in [4.69, 9.17) is 19.2 Å². The lowest BCUT2D eigenvalue weighted by Crippen LogP contribution is -2.95. The van der Waals surface area contributed by atoms with Gasteiger partial charge >= 0.3 is 0 Å². The maximum atomic E-state index is 8.66. The molecule has 0 radical (unpaired) electrons. The van der Waals surface area contributed by atoms with Crippen LogP contribution in [-0.2, 0) is 4.57 Å². The van der Waals surface area contributed by atoms with E-state index in [0.29, 0.717) is 0 Å². The van der Waals surface area contributed by atoms with Crippen LogP contribution in [0.1, 0.15) is 128 Å². The maximum Gasteiger partial charge on any atom is 0.0861 e. The van der Waals surface area contributed by atoms with Crippen LogP contribution >= 0.6 is 7.82 Å². The fourth-order valence-corrected chi connectivity index (χ4v) is 6.08. The third-order valence-corrected chi connectivity index (χ3v) is 7.69. The zero-order chi connectivity index (χ0) is 22.4. The second kappa shape index (κ2) is 15.8. The van der Waals surface area contributed by atoms with Gasteiger partial charge in [-0.3, -0.25) is 0 Å². The van der Waals surface area contributed by atoms with Crippen LogP contribution in [0.4, 0.5) is 0 Å². The molecule has 4 aliphatic rings. The lowest BCUT2D eigenvalue weighted by molar-refractivity contribution is -0.726. The molecule has 7 heteroatoms. The normalized spacial score (nSPS) is 25.1. The van der Waals surface area contributed by atoms with Crippen molar-refractivity contribution >= 4 is 7.82 Å². The Morgan fingerprint density at radius 2 is 0.645 bits per heavy atom. The van der Waals surface area contributed by atoms with Gasteiger partial charge < -0.3 is 29.9 Å². The molecule has 0 aromatic rings. The molecule has 6 nitrogen and oxygen atoms in total. The Balaban J connectivity index is 0.000000182. The first-order valence-corrected chi connectivity index (χ1v) is 14.8. The van der Waals surface area contributed by atoms with E-state index >= 15 is 0 Å². The van der Waals surface area contributed by atoms with Crippen LogP contribution in [0, 0.1) is 0 Å². The lowest BCUT2D eigenvalue weighted by Gasteiger charge is -2.27. The number of quaternary nitrogens is 2. The molecule has 4 rings (SSSR count). The predicted molar refractivity (Wildman–Crippen MR) is 121 cm³/mol. The molecule has 0 aromatic heterocycles. The van der Waals surface area contributed by atoms with Gasteiger partial charge in [-0.05, 0) is 103 Å². The third-order valence-electron chi connectivity index (χ3n) is 7.69. The van der Waals surface area contributed by atoms with E-state index in [1.54, 1.807) is 0 Å². The van der Waals surface area contributed by atoms with Crippen LogP contribution in [0.15, 0.2) is 0 Å². The van der Waals surface area contributed by atoms with Crippen LogP contribution in [-0.4, -0.2) is 29.1 Å². The standard InChI is InChI=1S/2C12H23N.H3O4P/c2*1-3-7-11(8-4-1)13-12-9-5-2-6-10-12;1-5(2,3)4/h2*11-13H,1-10H2;(H3,1,2,3,4). The fraction of sp³-hybridized carbons (Fsp3) is 1.00. The minimum Gasteiger partial charge on any atom is -0.790 e. The molecule has 4 aliphatic carbocycles. The molecule has 0 saturated heterocycles. The highest BCUT2D eigenvalue weighted by atomic mass is 31.2. The van der Waals surface area contributed by atoms with Crippen LogP contribution in [0.2, 0.25) is 0 Å². The monoisotopic (exact) mass is 460 g/mol. The average molecular weight is 461 g/mol. The van der Waals surface area contributed by atoms with E-state index in [-0.39, 0.29) is 0 Å². The van der Waals surface area contributed by atoms with E-state index in [2.05, 4.69) is 10.6 Å². The van der Waals surface area contributed by atoms with Gasteiger partial charge in [0.2, 0.25) is 0 Å². The molecule has 0 bridgehead atoms. The molecule has 184 valence electrons. The summed E-state index contributed by atoms with van der Waals surface area (Å²) in [5.74, 6) is 0. The molecular weight excluding hydrogens is 411 g/mol. The molecule has 4 fully saturated rings. The number of hydrogen-bond donors (Lipinski definition) is 3. The van der Waals surface area contributed by atoms with Crippen LogP contribution < -0.4 is 20.4 Å². The largest absolute Gasteiger partial charge is 0.790 e. The van der Waals surface area contributed by atoms with Crippen molar-refractivity contribution in [1.82, 2.24) is 0 Å². The first-order chi connectivity index (χ1) is 14.9. The van der Waals surface area contributed by atoms with E-state index in [9.17, 15) is 0 Å². The Bertz CT molecular complexity index is 404. The summed E-state index contributed by atoms with van der Waals surface area (Å²) in [6.07, 6.45) is 29.9. The Hall–Kier alpha value is 0.0300. The molecule has 0 unspecified atom stereocenters. The summed E-state index contributed by atoms with van der Waals surface area (Å²) in [4.78, 5) is 24.3. The van der Waals surface area contributed by atoms with Gasteiger partial charge in [-0.25, -0.2) is 0 Å². The van der Waals surface area contributed by atoms with E-state index in [1.807, 2.05) is 0 Å². The minimum absolute atomic E-state index is 0.997. The number of hydrogen-bond acceptors (Lipinski definition) is 3. The van der Waals surface area contributed by atoms with Gasteiger partial charge in [0, 0.05) is 0 Å². The van der Waals surface area contributed by atoms with Crippen molar-refractivity contribution in [2.75, 3.05) is 0 Å². The molecular formula is C24H49N2O4P. The van der Waals surface area contributed by atoms with Gasteiger partial charge in [-0.15, -0.1) is 0 Å². The number of phosphoric acid groups is 1. The van der Waals surface area contributed by atoms with Crippen molar-refractivity contribution < 1.29 is 29.9 Å². The molecule has 0 spiro atoms. The molecule has 0 heterocycles. The Kier molecular flexibility index (Phi) is 13.9. The Morgan fingerprint density at radius 1 is 0.484 bits per heavy atom. The van der Waals surface area contributed by atoms with E-state index < -0.39 is 7.82 Å². The number of nitrogens with two attached hydrogens (primary N) is 2. The highest BCUT2D eigenvalue weighted by Crippen LogP contribution is 2.19. The summed E-state index contributed by atoms with van der Waals surface area (Å²) < 4.78 is 8.66. The van der Waals surface area contributed by atoms with Gasteiger partial charge in [0.25, 0.3) is 0 Å². The average Bonchev–Trinajstić information content (AvgIpc) is 2.76. The van der Waals surface area contributed by atoms with E-state index in [0.717, 1.165) is 24.2 Å². The zero-order valence-corrected chi connectivity index (χ0v) is 20.6. The van der Waals surface area contributed by atoms with Gasteiger partial charge in [-0.2, -0.15) is 0 Å². The maximum absolute atomic E-state index is 8.66. The Morgan fingerprint density at radius 3 is 0.806 bits per heavy atom. The quantitative estimate of drug-likeness (QED) is 0.558. The Labute approximate surface area is 190 Å². The molecule has 0 atom stereocenters. The lowest BCUT2D eigenvalue weighted by atomic mass is 9.91. The summed E-state index contributed by atoms with van der Waals surface area (Å²) in [6.45, 7) is 0.